The minimum Gasteiger partial charge on any atom is -0.392 e. The fraction of sp³-hybridized carbons (Fsp3) is 0.559. The van der Waals surface area contributed by atoms with Crippen molar-refractivity contribution in [2.45, 2.75) is 99.2 Å². The molecule has 2 fully saturated rings. The first-order valence-corrected chi connectivity index (χ1v) is 14.1. The number of hydrogen-bond donors (Lipinski definition) is 2. The molecule has 2 saturated carbocycles. The van der Waals surface area contributed by atoms with Gasteiger partial charge >= 0.3 is 0 Å². The summed E-state index contributed by atoms with van der Waals surface area (Å²) in [6.45, 7) is 17.2. The van der Waals surface area contributed by atoms with Crippen molar-refractivity contribution in [1.29, 1.82) is 0 Å². The number of rotatable bonds is 2. The van der Waals surface area contributed by atoms with E-state index >= 15 is 0 Å². The molecule has 3 nitrogen and oxygen atoms in total. The molecule has 2 aliphatic rings. The van der Waals surface area contributed by atoms with Crippen molar-refractivity contribution in [3.63, 3.8) is 0 Å². The van der Waals surface area contributed by atoms with Crippen LogP contribution in [0.2, 0.25) is 0 Å². The second-order valence-electron chi connectivity index (χ2n) is 13.3. The maximum absolute atomic E-state index is 10.5. The van der Waals surface area contributed by atoms with Crippen LogP contribution in [0.4, 0.5) is 0 Å². The normalized spacial score (nSPS) is 25.7. The summed E-state index contributed by atoms with van der Waals surface area (Å²) in [5, 5.41) is 23.4. The van der Waals surface area contributed by atoms with Crippen molar-refractivity contribution in [2.24, 2.45) is 22.7 Å². The Hall–Kier alpha value is -1.58. The molecule has 4 unspecified atom stereocenters. The minimum atomic E-state index is -0.350. The van der Waals surface area contributed by atoms with E-state index in [1.807, 2.05) is 6.20 Å². The van der Waals surface area contributed by atoms with E-state index in [0.29, 0.717) is 11.8 Å². The Morgan fingerprint density at radius 1 is 0.947 bits per heavy atom. The van der Waals surface area contributed by atoms with Crippen LogP contribution in [0.1, 0.15) is 89.8 Å². The van der Waals surface area contributed by atoms with E-state index in [1.165, 1.54) is 34.7 Å². The van der Waals surface area contributed by atoms with Crippen molar-refractivity contribution in [3.05, 3.63) is 65.4 Å². The van der Waals surface area contributed by atoms with Gasteiger partial charge in [0.2, 0.25) is 0 Å². The van der Waals surface area contributed by atoms with Gasteiger partial charge in [-0.15, -0.1) is 34.9 Å². The van der Waals surface area contributed by atoms with Gasteiger partial charge in [0.1, 0.15) is 0 Å². The van der Waals surface area contributed by atoms with Gasteiger partial charge < -0.3 is 15.2 Å². The predicted molar refractivity (Wildman–Crippen MR) is 155 cm³/mol. The third-order valence-corrected chi connectivity index (χ3v) is 8.92. The molecule has 2 aliphatic carbocycles. The van der Waals surface area contributed by atoms with Crippen LogP contribution in [0.5, 0.6) is 0 Å². The molecule has 0 spiro atoms. The van der Waals surface area contributed by atoms with Crippen molar-refractivity contribution in [3.8, 4) is 11.3 Å². The number of aliphatic hydroxyl groups excluding tert-OH is 2. The first-order valence-electron chi connectivity index (χ1n) is 14.1. The third kappa shape index (κ3) is 6.41. The number of aryl methyl sites for hydroxylation is 2. The second-order valence-corrected chi connectivity index (χ2v) is 13.3. The number of nitrogens with zero attached hydrogens (tertiary/aromatic N) is 1. The molecular formula is C34H46IrNO2-. The van der Waals surface area contributed by atoms with Crippen LogP contribution >= 0.6 is 0 Å². The zero-order chi connectivity index (χ0) is 27.1. The Balaban J connectivity index is 0.000000213. The summed E-state index contributed by atoms with van der Waals surface area (Å²) < 4.78 is 0. The monoisotopic (exact) mass is 693 g/mol. The number of aliphatic hydroxyl groups is 2. The molecular weight excluding hydrogens is 647 g/mol. The van der Waals surface area contributed by atoms with E-state index in [0.717, 1.165) is 29.7 Å². The smallest absolute Gasteiger partial charge is 0.0646 e. The second kappa shape index (κ2) is 11.9. The molecule has 1 radical (unpaired) electrons. The summed E-state index contributed by atoms with van der Waals surface area (Å²) in [4.78, 5) is 4.63. The van der Waals surface area contributed by atoms with E-state index in [1.54, 1.807) is 0 Å². The van der Waals surface area contributed by atoms with Crippen LogP contribution in [0.25, 0.3) is 22.0 Å². The molecule has 3 aromatic rings. The fourth-order valence-corrected chi connectivity index (χ4v) is 6.71. The molecule has 1 aromatic heterocycles. The summed E-state index contributed by atoms with van der Waals surface area (Å²) in [5.74, 6) is 1.12. The van der Waals surface area contributed by atoms with E-state index < -0.39 is 0 Å². The van der Waals surface area contributed by atoms with E-state index in [4.69, 9.17) is 0 Å². The average molecular weight is 693 g/mol. The van der Waals surface area contributed by atoms with Crippen LogP contribution in [0.15, 0.2) is 42.6 Å². The number of pyridine rings is 1. The standard InChI is InChI=1S/C20H20N.C14H26O2.Ir/c1-13(2)17-6-5-16-7-8-21-20(19(16)12-17)18-10-14(3)9-15(4)11-18;1-13(2)7-5-6-9-8-14(3,4)12(16)10(9)11(13)15;/h5-10,12-13H,1-4H3;9-12,15-16H,5-8H2,1-4H3;/q-1;;. The number of benzene rings is 2. The van der Waals surface area contributed by atoms with E-state index in [9.17, 15) is 10.2 Å². The van der Waals surface area contributed by atoms with Crippen LogP contribution < -0.4 is 0 Å². The maximum Gasteiger partial charge on any atom is 0.0646 e. The van der Waals surface area contributed by atoms with Gasteiger partial charge in [-0.2, -0.15) is 0 Å². The molecule has 2 aromatic carbocycles. The zero-order valence-electron chi connectivity index (χ0n) is 24.4. The molecule has 1 heterocycles. The minimum absolute atomic E-state index is 0. The largest absolute Gasteiger partial charge is 0.392 e. The van der Waals surface area contributed by atoms with Gasteiger partial charge in [-0.05, 0) is 70.0 Å². The average Bonchev–Trinajstić information content (AvgIpc) is 2.98. The van der Waals surface area contributed by atoms with Crippen LogP contribution in [0.3, 0.4) is 0 Å². The van der Waals surface area contributed by atoms with Crippen LogP contribution in [-0.2, 0) is 20.1 Å². The summed E-state index contributed by atoms with van der Waals surface area (Å²) in [6, 6.07) is 16.5. The molecule has 0 bridgehead atoms. The summed E-state index contributed by atoms with van der Waals surface area (Å²) in [5.41, 5.74) is 5.80. The quantitative estimate of drug-likeness (QED) is 0.268. The van der Waals surface area contributed by atoms with Gasteiger partial charge in [-0.3, -0.25) is 0 Å². The number of fused-ring (bicyclic) bond motifs is 2. The van der Waals surface area contributed by atoms with Gasteiger partial charge in [0.15, 0.2) is 0 Å². The van der Waals surface area contributed by atoms with Gasteiger partial charge in [0.05, 0.1) is 12.2 Å². The van der Waals surface area contributed by atoms with E-state index in [2.05, 4.69) is 103 Å². The van der Waals surface area contributed by atoms with E-state index in [-0.39, 0.29) is 49.1 Å². The Morgan fingerprint density at radius 3 is 2.29 bits per heavy atom. The first kappa shape index (κ1) is 31.0. The van der Waals surface area contributed by atoms with Crippen molar-refractivity contribution in [2.75, 3.05) is 0 Å². The number of aromatic nitrogens is 1. The number of hydrogen-bond acceptors (Lipinski definition) is 3. The first-order chi connectivity index (χ1) is 17.3. The molecule has 38 heavy (non-hydrogen) atoms. The van der Waals surface area contributed by atoms with Crippen molar-refractivity contribution >= 4 is 10.8 Å². The molecule has 2 N–H and O–H groups in total. The van der Waals surface area contributed by atoms with Gasteiger partial charge in [-0.1, -0.05) is 80.0 Å². The molecule has 5 rings (SSSR count). The van der Waals surface area contributed by atoms with Crippen LogP contribution in [0, 0.1) is 42.6 Å². The Bertz CT molecular complexity index is 1230. The molecule has 0 aliphatic heterocycles. The molecule has 4 atom stereocenters. The van der Waals surface area contributed by atoms with Crippen molar-refractivity contribution < 1.29 is 30.3 Å². The summed E-state index contributed by atoms with van der Waals surface area (Å²) in [7, 11) is 0. The Kier molecular flexibility index (Phi) is 9.68. The van der Waals surface area contributed by atoms with Crippen LogP contribution in [-0.4, -0.2) is 27.4 Å². The Labute approximate surface area is 243 Å². The molecule has 0 saturated heterocycles. The predicted octanol–water partition coefficient (Wildman–Crippen LogP) is 8.02. The summed E-state index contributed by atoms with van der Waals surface area (Å²) in [6.07, 6.45) is 5.69. The Morgan fingerprint density at radius 2 is 1.63 bits per heavy atom. The fourth-order valence-electron chi connectivity index (χ4n) is 6.71. The van der Waals surface area contributed by atoms with Gasteiger partial charge in [0, 0.05) is 32.2 Å². The van der Waals surface area contributed by atoms with Crippen molar-refractivity contribution in [1.82, 2.24) is 4.98 Å². The molecule has 0 amide bonds. The topological polar surface area (TPSA) is 53.4 Å². The van der Waals surface area contributed by atoms with Gasteiger partial charge in [-0.25, -0.2) is 0 Å². The summed E-state index contributed by atoms with van der Waals surface area (Å²) >= 11 is 0. The SMILES string of the molecule is CC1(C)CCCC2CC(C)(C)C(O)C2C1O.Cc1[c-]c(-c2nccc3ccc(C(C)C)cc23)cc(C)c1.[Ir]. The molecule has 4 heteroatoms. The maximum atomic E-state index is 10.5. The third-order valence-electron chi connectivity index (χ3n) is 8.92. The molecule has 209 valence electrons. The van der Waals surface area contributed by atoms with Gasteiger partial charge in [0.25, 0.3) is 0 Å². The zero-order valence-corrected chi connectivity index (χ0v) is 26.8.